The SMILES string of the molecule is CCc1ccc(OCc2c(Br)cccc2SC(C)=O)c(C)c1. The summed E-state index contributed by atoms with van der Waals surface area (Å²) < 4.78 is 6.93. The molecule has 0 heterocycles. The number of hydrogen-bond donors (Lipinski definition) is 0. The van der Waals surface area contributed by atoms with Crippen molar-refractivity contribution < 1.29 is 9.53 Å². The second-order valence-corrected chi connectivity index (χ2v) is 7.13. The maximum Gasteiger partial charge on any atom is 0.190 e. The highest BCUT2D eigenvalue weighted by atomic mass is 79.9. The molecule has 0 N–H and O–H groups in total. The van der Waals surface area contributed by atoms with Crippen LogP contribution in [-0.2, 0) is 17.8 Å². The largest absolute Gasteiger partial charge is 0.489 e. The first-order valence-electron chi connectivity index (χ1n) is 7.19. The molecule has 2 aromatic rings. The van der Waals surface area contributed by atoms with Crippen LogP contribution >= 0.6 is 27.7 Å². The molecule has 0 unspecified atom stereocenters. The molecule has 0 saturated heterocycles. The van der Waals surface area contributed by atoms with Crippen LogP contribution in [0.15, 0.2) is 45.8 Å². The van der Waals surface area contributed by atoms with Crippen molar-refractivity contribution in [3.05, 3.63) is 57.6 Å². The van der Waals surface area contributed by atoms with Crippen LogP contribution in [0.2, 0.25) is 0 Å². The highest BCUT2D eigenvalue weighted by Crippen LogP contribution is 2.31. The van der Waals surface area contributed by atoms with Crippen LogP contribution < -0.4 is 4.74 Å². The molecule has 0 bridgehead atoms. The number of rotatable bonds is 5. The molecular weight excluding hydrogens is 360 g/mol. The number of benzene rings is 2. The monoisotopic (exact) mass is 378 g/mol. The summed E-state index contributed by atoms with van der Waals surface area (Å²) in [4.78, 5) is 12.3. The van der Waals surface area contributed by atoms with Crippen molar-refractivity contribution in [2.45, 2.75) is 38.7 Å². The third kappa shape index (κ3) is 4.37. The summed E-state index contributed by atoms with van der Waals surface area (Å²) in [7, 11) is 0. The lowest BCUT2D eigenvalue weighted by molar-refractivity contribution is -0.109. The first-order chi connectivity index (χ1) is 10.5. The standard InChI is InChI=1S/C18H19BrO2S/c1-4-14-8-9-17(12(2)10-14)21-11-15-16(19)6-5-7-18(15)22-13(3)20/h5-10H,4,11H2,1-3H3. The van der Waals surface area contributed by atoms with Crippen molar-refractivity contribution in [2.24, 2.45) is 0 Å². The van der Waals surface area contributed by atoms with E-state index in [2.05, 4.69) is 41.9 Å². The maximum absolute atomic E-state index is 11.4. The van der Waals surface area contributed by atoms with Gasteiger partial charge in [0.05, 0.1) is 0 Å². The van der Waals surface area contributed by atoms with Crippen molar-refractivity contribution >= 4 is 32.8 Å². The van der Waals surface area contributed by atoms with Crippen LogP contribution in [0.4, 0.5) is 0 Å². The predicted molar refractivity (Wildman–Crippen MR) is 95.6 cm³/mol. The van der Waals surface area contributed by atoms with E-state index in [1.54, 1.807) is 6.92 Å². The minimum absolute atomic E-state index is 0.0721. The van der Waals surface area contributed by atoms with E-state index < -0.39 is 0 Å². The molecule has 0 aliphatic carbocycles. The lowest BCUT2D eigenvalue weighted by atomic mass is 10.1. The number of aryl methyl sites for hydroxylation is 2. The maximum atomic E-state index is 11.4. The minimum Gasteiger partial charge on any atom is -0.489 e. The molecule has 0 atom stereocenters. The van der Waals surface area contributed by atoms with Gasteiger partial charge >= 0.3 is 0 Å². The van der Waals surface area contributed by atoms with Crippen molar-refractivity contribution in [3.63, 3.8) is 0 Å². The van der Waals surface area contributed by atoms with Gasteiger partial charge in [0.2, 0.25) is 0 Å². The van der Waals surface area contributed by atoms with Crippen LogP contribution in [0.5, 0.6) is 5.75 Å². The van der Waals surface area contributed by atoms with Gasteiger partial charge in [-0.3, -0.25) is 4.79 Å². The lowest BCUT2D eigenvalue weighted by Gasteiger charge is -2.14. The Morgan fingerprint density at radius 3 is 2.68 bits per heavy atom. The lowest BCUT2D eigenvalue weighted by Crippen LogP contribution is -2.01. The van der Waals surface area contributed by atoms with Gasteiger partial charge in [-0.2, -0.15) is 0 Å². The minimum atomic E-state index is 0.0721. The fraction of sp³-hybridized carbons (Fsp3) is 0.278. The molecule has 22 heavy (non-hydrogen) atoms. The normalized spacial score (nSPS) is 10.5. The highest BCUT2D eigenvalue weighted by Gasteiger charge is 2.11. The molecule has 2 aromatic carbocycles. The molecule has 2 nitrogen and oxygen atoms in total. The van der Waals surface area contributed by atoms with Crippen molar-refractivity contribution in [3.8, 4) is 5.75 Å². The fourth-order valence-corrected chi connectivity index (χ4v) is 3.53. The van der Waals surface area contributed by atoms with Gasteiger partial charge in [-0.25, -0.2) is 0 Å². The van der Waals surface area contributed by atoms with Crippen molar-refractivity contribution in [1.29, 1.82) is 0 Å². The van der Waals surface area contributed by atoms with E-state index in [0.717, 1.165) is 32.7 Å². The van der Waals surface area contributed by atoms with Crippen LogP contribution in [0.1, 0.15) is 30.5 Å². The zero-order valence-electron chi connectivity index (χ0n) is 13.0. The van der Waals surface area contributed by atoms with E-state index in [4.69, 9.17) is 4.74 Å². The summed E-state index contributed by atoms with van der Waals surface area (Å²) in [5.41, 5.74) is 3.44. The first-order valence-corrected chi connectivity index (χ1v) is 8.80. The smallest absolute Gasteiger partial charge is 0.190 e. The summed E-state index contributed by atoms with van der Waals surface area (Å²) in [5.74, 6) is 0.881. The molecule has 4 heteroatoms. The summed E-state index contributed by atoms with van der Waals surface area (Å²) in [6.45, 7) is 6.20. The van der Waals surface area contributed by atoms with Gasteiger partial charge in [0.1, 0.15) is 12.4 Å². The van der Waals surface area contributed by atoms with E-state index in [-0.39, 0.29) is 5.12 Å². The van der Waals surface area contributed by atoms with Gasteiger partial charge in [-0.1, -0.05) is 52.8 Å². The van der Waals surface area contributed by atoms with Crippen LogP contribution in [0.25, 0.3) is 0 Å². The Morgan fingerprint density at radius 1 is 1.27 bits per heavy atom. The third-order valence-corrected chi connectivity index (χ3v) is 4.98. The number of halogens is 1. The topological polar surface area (TPSA) is 26.3 Å². The molecule has 2 rings (SSSR count). The number of carbonyl (C=O) groups is 1. The van der Waals surface area contributed by atoms with E-state index in [9.17, 15) is 4.79 Å². The van der Waals surface area contributed by atoms with Gasteiger partial charge in [-0.05, 0) is 42.7 Å². The highest BCUT2D eigenvalue weighted by molar-refractivity contribution is 9.10. The van der Waals surface area contributed by atoms with Crippen LogP contribution in [0.3, 0.4) is 0 Å². The summed E-state index contributed by atoms with van der Waals surface area (Å²) in [6.07, 6.45) is 1.02. The van der Waals surface area contributed by atoms with Gasteiger partial charge in [0.25, 0.3) is 0 Å². The summed E-state index contributed by atoms with van der Waals surface area (Å²) in [6, 6.07) is 12.1. The van der Waals surface area contributed by atoms with Crippen molar-refractivity contribution in [1.82, 2.24) is 0 Å². The Labute approximate surface area is 144 Å². The Kier molecular flexibility index (Phi) is 6.09. The summed E-state index contributed by atoms with van der Waals surface area (Å²) >= 11 is 4.78. The Bertz CT molecular complexity index is 683. The average molecular weight is 379 g/mol. The van der Waals surface area contributed by atoms with Crippen LogP contribution in [-0.4, -0.2) is 5.12 Å². The van der Waals surface area contributed by atoms with Gasteiger partial charge in [0, 0.05) is 21.9 Å². The zero-order valence-corrected chi connectivity index (χ0v) is 15.4. The summed E-state index contributed by atoms with van der Waals surface area (Å²) in [5, 5.41) is 0.0721. The quantitative estimate of drug-likeness (QED) is 0.639. The first kappa shape index (κ1) is 17.1. The van der Waals surface area contributed by atoms with Gasteiger partial charge < -0.3 is 4.74 Å². The number of thioether (sulfide) groups is 1. The molecule has 116 valence electrons. The van der Waals surface area contributed by atoms with Crippen molar-refractivity contribution in [2.75, 3.05) is 0 Å². The molecule has 0 aromatic heterocycles. The number of ether oxygens (including phenoxy) is 1. The number of carbonyl (C=O) groups excluding carboxylic acids is 1. The van der Waals surface area contributed by atoms with Crippen LogP contribution in [0, 0.1) is 6.92 Å². The molecule has 0 saturated carbocycles. The second-order valence-electron chi connectivity index (χ2n) is 5.05. The Morgan fingerprint density at radius 2 is 2.05 bits per heavy atom. The molecular formula is C18H19BrO2S. The molecule has 0 fully saturated rings. The van der Waals surface area contributed by atoms with E-state index >= 15 is 0 Å². The van der Waals surface area contributed by atoms with E-state index in [1.807, 2.05) is 24.3 Å². The average Bonchev–Trinajstić information content (AvgIpc) is 2.47. The molecule has 0 radical (unpaired) electrons. The predicted octanol–water partition coefficient (Wildman–Crippen LogP) is 5.54. The van der Waals surface area contributed by atoms with Gasteiger partial charge in [-0.15, -0.1) is 0 Å². The molecule has 0 aliphatic heterocycles. The molecule has 0 aliphatic rings. The fourth-order valence-electron chi connectivity index (χ4n) is 2.17. The van der Waals surface area contributed by atoms with E-state index in [0.29, 0.717) is 6.61 Å². The Balaban J connectivity index is 2.19. The molecule has 0 spiro atoms. The molecule has 0 amide bonds. The van der Waals surface area contributed by atoms with E-state index in [1.165, 1.54) is 17.3 Å². The number of hydrogen-bond acceptors (Lipinski definition) is 3. The Hall–Kier alpha value is -1.26. The van der Waals surface area contributed by atoms with Gasteiger partial charge in [0.15, 0.2) is 5.12 Å². The zero-order chi connectivity index (χ0) is 16.1. The second kappa shape index (κ2) is 7.84. The third-order valence-electron chi connectivity index (χ3n) is 3.35.